The highest BCUT2D eigenvalue weighted by Gasteiger charge is 2.28. The molecule has 0 radical (unpaired) electrons. The molecule has 3 heterocycles. The summed E-state index contributed by atoms with van der Waals surface area (Å²) < 4.78 is 2.35. The van der Waals surface area contributed by atoms with E-state index in [1.54, 1.807) is 13.2 Å². The maximum Gasteiger partial charge on any atom is 0.332 e. The molecule has 25 heavy (non-hydrogen) atoms. The molecule has 0 saturated carbocycles. The second-order valence-corrected chi connectivity index (χ2v) is 6.21. The first kappa shape index (κ1) is 16.8. The van der Waals surface area contributed by atoms with Crippen LogP contribution in [0, 0.1) is 17.2 Å². The van der Waals surface area contributed by atoms with E-state index in [4.69, 9.17) is 0 Å². The summed E-state index contributed by atoms with van der Waals surface area (Å²) in [5.74, 6) is 1.57. The molecule has 1 N–H and O–H groups in total. The first-order valence-corrected chi connectivity index (χ1v) is 8.13. The Balaban J connectivity index is 1.80. The van der Waals surface area contributed by atoms with Crippen LogP contribution in [-0.4, -0.2) is 33.8 Å². The number of hydrogen-bond acceptors (Lipinski definition) is 6. The molecular weight excluding hydrogens is 320 g/mol. The van der Waals surface area contributed by atoms with E-state index < -0.39 is 11.2 Å². The van der Waals surface area contributed by atoms with Crippen LogP contribution in [0.3, 0.4) is 0 Å². The number of rotatable bonds is 4. The average Bonchev–Trinajstić information content (AvgIpc) is 3.10. The van der Waals surface area contributed by atoms with Crippen molar-refractivity contribution in [2.75, 3.05) is 29.9 Å². The Hall–Kier alpha value is -3.08. The largest absolute Gasteiger partial charge is 0.370 e. The lowest BCUT2D eigenvalue weighted by molar-refractivity contribution is 0.616. The lowest BCUT2D eigenvalue weighted by Crippen LogP contribution is -2.42. The summed E-state index contributed by atoms with van der Waals surface area (Å²) in [5.41, 5.74) is -0.951. The summed E-state index contributed by atoms with van der Waals surface area (Å²) in [6.07, 6.45) is 2.64. The van der Waals surface area contributed by atoms with Gasteiger partial charge in [-0.05, 0) is 24.5 Å². The number of hydrogen-bond donors (Lipinski definition) is 1. The van der Waals surface area contributed by atoms with Crippen molar-refractivity contribution in [3.8, 4) is 6.07 Å². The third-order valence-electron chi connectivity index (χ3n) is 4.57. The summed E-state index contributed by atoms with van der Waals surface area (Å²) in [6.45, 7) is 2.12. The minimum absolute atomic E-state index is 0.0166. The van der Waals surface area contributed by atoms with E-state index in [-0.39, 0.29) is 5.56 Å². The first-order valence-electron chi connectivity index (χ1n) is 8.13. The highest BCUT2D eigenvalue weighted by atomic mass is 16.2. The van der Waals surface area contributed by atoms with Crippen molar-refractivity contribution < 1.29 is 0 Å². The third-order valence-corrected chi connectivity index (χ3v) is 4.57. The van der Waals surface area contributed by atoms with Gasteiger partial charge in [0, 0.05) is 39.9 Å². The van der Waals surface area contributed by atoms with Crippen LogP contribution in [0.1, 0.15) is 12.0 Å². The third kappa shape index (κ3) is 3.13. The molecule has 1 aliphatic heterocycles. The van der Waals surface area contributed by atoms with Crippen molar-refractivity contribution in [3.05, 3.63) is 50.8 Å². The minimum Gasteiger partial charge on any atom is -0.370 e. The lowest BCUT2D eigenvalue weighted by Gasteiger charge is -2.23. The van der Waals surface area contributed by atoms with Crippen LogP contribution in [0.4, 0.5) is 11.6 Å². The molecule has 0 amide bonds. The maximum atomic E-state index is 12.2. The first-order chi connectivity index (χ1) is 12.0. The number of anilines is 2. The smallest absolute Gasteiger partial charge is 0.332 e. The van der Waals surface area contributed by atoms with E-state index in [0.717, 1.165) is 23.4 Å². The molecule has 1 saturated heterocycles. The highest BCUT2D eigenvalue weighted by Crippen LogP contribution is 2.24. The molecule has 0 bridgehead atoms. The summed E-state index contributed by atoms with van der Waals surface area (Å²) in [5, 5.41) is 12.7. The van der Waals surface area contributed by atoms with Gasteiger partial charge in [0.25, 0.3) is 5.56 Å². The lowest BCUT2D eigenvalue weighted by atomic mass is 10.1. The van der Waals surface area contributed by atoms with Gasteiger partial charge in [0.1, 0.15) is 17.7 Å². The Kier molecular flexibility index (Phi) is 4.57. The Morgan fingerprint density at radius 3 is 2.80 bits per heavy atom. The van der Waals surface area contributed by atoms with Crippen molar-refractivity contribution in [3.63, 3.8) is 0 Å². The average molecular weight is 340 g/mol. The molecule has 1 aliphatic rings. The standard InChI is InChI=1S/C17H20N6O2/c1-21-15(13(9-18)16(24)22(2)17(21)25)23-8-6-12(11-23)10-20-14-5-3-4-7-19-14/h3-5,7,12H,6,8,10-11H2,1-2H3,(H,19,20). The van der Waals surface area contributed by atoms with Gasteiger partial charge in [0.05, 0.1) is 0 Å². The van der Waals surface area contributed by atoms with Gasteiger partial charge in [-0.15, -0.1) is 0 Å². The monoisotopic (exact) mass is 340 g/mol. The molecule has 130 valence electrons. The second-order valence-electron chi connectivity index (χ2n) is 6.21. The Morgan fingerprint density at radius 1 is 1.32 bits per heavy atom. The fourth-order valence-electron chi connectivity index (χ4n) is 3.21. The summed E-state index contributed by atoms with van der Waals surface area (Å²) in [4.78, 5) is 30.6. The molecule has 0 aliphatic carbocycles. The van der Waals surface area contributed by atoms with E-state index >= 15 is 0 Å². The van der Waals surface area contributed by atoms with Crippen LogP contribution < -0.4 is 21.5 Å². The Labute approximate surface area is 145 Å². The molecule has 2 aromatic rings. The molecule has 0 spiro atoms. The minimum atomic E-state index is -0.546. The molecule has 8 nitrogen and oxygen atoms in total. The zero-order chi connectivity index (χ0) is 18.0. The van der Waals surface area contributed by atoms with Gasteiger partial charge in [-0.25, -0.2) is 9.78 Å². The van der Waals surface area contributed by atoms with Gasteiger partial charge in [-0.3, -0.25) is 13.9 Å². The molecule has 1 unspecified atom stereocenters. The predicted octanol–water partition coefficient (Wildman–Crippen LogP) is 0.289. The van der Waals surface area contributed by atoms with Gasteiger partial charge in [-0.2, -0.15) is 5.26 Å². The van der Waals surface area contributed by atoms with Crippen molar-refractivity contribution in [2.45, 2.75) is 6.42 Å². The van der Waals surface area contributed by atoms with Crippen LogP contribution in [0.5, 0.6) is 0 Å². The normalized spacial score (nSPS) is 16.7. The van der Waals surface area contributed by atoms with E-state index in [1.165, 1.54) is 11.6 Å². The van der Waals surface area contributed by atoms with E-state index in [1.807, 2.05) is 29.2 Å². The molecule has 1 fully saturated rings. The number of nitrogens with one attached hydrogen (secondary N) is 1. The van der Waals surface area contributed by atoms with Gasteiger partial charge in [0.2, 0.25) is 0 Å². The van der Waals surface area contributed by atoms with E-state index in [0.29, 0.717) is 24.8 Å². The number of aromatic nitrogens is 3. The van der Waals surface area contributed by atoms with Crippen LogP contribution in [0.15, 0.2) is 34.0 Å². The van der Waals surface area contributed by atoms with Crippen LogP contribution in [0.25, 0.3) is 0 Å². The molecule has 2 aromatic heterocycles. The van der Waals surface area contributed by atoms with Crippen LogP contribution in [0.2, 0.25) is 0 Å². The predicted molar refractivity (Wildman–Crippen MR) is 94.7 cm³/mol. The summed E-state index contributed by atoms with van der Waals surface area (Å²) >= 11 is 0. The summed E-state index contributed by atoms with van der Waals surface area (Å²) in [7, 11) is 2.98. The summed E-state index contributed by atoms with van der Waals surface area (Å²) in [6, 6.07) is 7.65. The molecule has 1 atom stereocenters. The zero-order valence-corrected chi connectivity index (χ0v) is 14.3. The highest BCUT2D eigenvalue weighted by molar-refractivity contribution is 5.54. The molecule has 0 aromatic carbocycles. The van der Waals surface area contributed by atoms with Crippen molar-refractivity contribution in [1.29, 1.82) is 5.26 Å². The molecule has 3 rings (SSSR count). The van der Waals surface area contributed by atoms with Crippen molar-refractivity contribution >= 4 is 11.6 Å². The van der Waals surface area contributed by atoms with Crippen molar-refractivity contribution in [1.82, 2.24) is 14.1 Å². The molecular formula is C17H20N6O2. The quantitative estimate of drug-likeness (QED) is 0.859. The van der Waals surface area contributed by atoms with Crippen LogP contribution >= 0.6 is 0 Å². The fourth-order valence-corrected chi connectivity index (χ4v) is 3.21. The van der Waals surface area contributed by atoms with Gasteiger partial charge in [-0.1, -0.05) is 6.07 Å². The van der Waals surface area contributed by atoms with Gasteiger partial charge in [0.15, 0.2) is 5.56 Å². The second kappa shape index (κ2) is 6.81. The number of pyridine rings is 1. The Morgan fingerprint density at radius 2 is 2.12 bits per heavy atom. The topological polar surface area (TPSA) is 95.9 Å². The Bertz CT molecular complexity index is 925. The number of nitriles is 1. The van der Waals surface area contributed by atoms with Gasteiger partial charge >= 0.3 is 5.69 Å². The number of nitrogens with zero attached hydrogens (tertiary/aromatic N) is 5. The SMILES string of the molecule is Cn1c(N2CCC(CNc3ccccn3)C2)c(C#N)c(=O)n(C)c1=O. The van der Waals surface area contributed by atoms with Gasteiger partial charge < -0.3 is 10.2 Å². The molecule has 8 heteroatoms. The van der Waals surface area contributed by atoms with Crippen LogP contribution in [-0.2, 0) is 14.1 Å². The van der Waals surface area contributed by atoms with E-state index in [9.17, 15) is 14.9 Å². The van der Waals surface area contributed by atoms with E-state index in [2.05, 4.69) is 10.3 Å². The zero-order valence-electron chi connectivity index (χ0n) is 14.3. The maximum absolute atomic E-state index is 12.2. The van der Waals surface area contributed by atoms with Crippen molar-refractivity contribution in [2.24, 2.45) is 20.0 Å². The fraction of sp³-hybridized carbons (Fsp3) is 0.412.